The van der Waals surface area contributed by atoms with Gasteiger partial charge in [-0.05, 0) is 37.3 Å². The fourth-order valence-corrected chi connectivity index (χ4v) is 3.10. The summed E-state index contributed by atoms with van der Waals surface area (Å²) in [6, 6.07) is 13.7. The molecule has 2 aromatic carbocycles. The van der Waals surface area contributed by atoms with Gasteiger partial charge >= 0.3 is 0 Å². The molecule has 7 heteroatoms. The molecule has 120 valence electrons. The Morgan fingerprint density at radius 3 is 2.43 bits per heavy atom. The largest absolute Gasteiger partial charge is 0.272 e. The lowest BCUT2D eigenvalue weighted by atomic mass is 10.2. The Morgan fingerprint density at radius 2 is 1.74 bits per heavy atom. The first-order valence-corrected chi connectivity index (χ1v) is 8.38. The summed E-state index contributed by atoms with van der Waals surface area (Å²) in [5.74, 6) is -0.715. The van der Waals surface area contributed by atoms with Gasteiger partial charge in [-0.25, -0.2) is 0 Å². The van der Waals surface area contributed by atoms with E-state index >= 15 is 0 Å². The average Bonchev–Trinajstić information content (AvgIpc) is 2.56. The van der Waals surface area contributed by atoms with Gasteiger partial charge < -0.3 is 0 Å². The number of rotatable bonds is 4. The van der Waals surface area contributed by atoms with E-state index in [1.807, 2.05) is 6.07 Å². The highest BCUT2D eigenvalue weighted by atomic mass is 35.5. The van der Waals surface area contributed by atoms with Gasteiger partial charge in [0.2, 0.25) is 0 Å². The standard InChI is InChI=1S/C16H14Cl2N2O2S/c1-10(23-14-9-12(17)7-8-13(14)18)15(21)19-20-16(22)11-5-3-2-4-6-11/h2-10H,1H3,(H,19,21)(H,20,22)/t10-/m1/s1. The van der Waals surface area contributed by atoms with Crippen LogP contribution >= 0.6 is 35.0 Å². The predicted molar refractivity (Wildman–Crippen MR) is 93.8 cm³/mol. The Bertz CT molecular complexity index is 710. The van der Waals surface area contributed by atoms with Crippen molar-refractivity contribution >= 4 is 46.8 Å². The molecule has 0 radical (unpaired) electrons. The van der Waals surface area contributed by atoms with Crippen molar-refractivity contribution in [2.75, 3.05) is 0 Å². The molecule has 2 rings (SSSR count). The minimum atomic E-state index is -0.456. The van der Waals surface area contributed by atoms with Gasteiger partial charge in [0.25, 0.3) is 11.8 Å². The third kappa shape index (κ3) is 5.16. The van der Waals surface area contributed by atoms with Gasteiger partial charge in [-0.2, -0.15) is 0 Å². The molecule has 0 aliphatic carbocycles. The smallest absolute Gasteiger partial charge is 0.269 e. The number of nitrogens with one attached hydrogen (secondary N) is 2. The van der Waals surface area contributed by atoms with E-state index < -0.39 is 5.25 Å². The van der Waals surface area contributed by atoms with Crippen LogP contribution < -0.4 is 10.9 Å². The van der Waals surface area contributed by atoms with Crippen LogP contribution in [0, 0.1) is 0 Å². The van der Waals surface area contributed by atoms with Crippen LogP contribution in [-0.4, -0.2) is 17.1 Å². The summed E-state index contributed by atoms with van der Waals surface area (Å²) in [5, 5.41) is 0.608. The molecule has 0 unspecified atom stereocenters. The number of carbonyl (C=O) groups is 2. The summed E-state index contributed by atoms with van der Waals surface area (Å²) in [7, 11) is 0. The first kappa shape index (κ1) is 17.7. The summed E-state index contributed by atoms with van der Waals surface area (Å²) in [5.41, 5.74) is 5.24. The van der Waals surface area contributed by atoms with Crippen molar-refractivity contribution in [3.05, 3.63) is 64.1 Å². The highest BCUT2D eigenvalue weighted by Crippen LogP contribution is 2.32. The molecule has 2 aromatic rings. The van der Waals surface area contributed by atoms with E-state index in [1.54, 1.807) is 49.4 Å². The van der Waals surface area contributed by atoms with E-state index in [-0.39, 0.29) is 11.8 Å². The van der Waals surface area contributed by atoms with Gasteiger partial charge in [0, 0.05) is 15.5 Å². The van der Waals surface area contributed by atoms with Crippen molar-refractivity contribution in [1.29, 1.82) is 0 Å². The van der Waals surface area contributed by atoms with E-state index in [0.717, 1.165) is 0 Å². The predicted octanol–water partition coefficient (Wildman–Crippen LogP) is 3.94. The maximum absolute atomic E-state index is 12.1. The minimum Gasteiger partial charge on any atom is -0.272 e. The second-order valence-electron chi connectivity index (χ2n) is 4.64. The molecule has 1 atom stereocenters. The van der Waals surface area contributed by atoms with Gasteiger partial charge in [0.15, 0.2) is 0 Å². The molecule has 0 aliphatic rings. The monoisotopic (exact) mass is 368 g/mol. The van der Waals surface area contributed by atoms with Crippen molar-refractivity contribution in [2.45, 2.75) is 17.1 Å². The van der Waals surface area contributed by atoms with Crippen molar-refractivity contribution in [1.82, 2.24) is 10.9 Å². The number of benzene rings is 2. The topological polar surface area (TPSA) is 58.2 Å². The maximum atomic E-state index is 12.1. The van der Waals surface area contributed by atoms with E-state index in [1.165, 1.54) is 11.8 Å². The zero-order chi connectivity index (χ0) is 16.8. The summed E-state index contributed by atoms with van der Waals surface area (Å²) in [4.78, 5) is 24.6. The lowest BCUT2D eigenvalue weighted by Gasteiger charge is -2.13. The number of hydrogen-bond donors (Lipinski definition) is 2. The van der Waals surface area contributed by atoms with Gasteiger partial charge in [-0.1, -0.05) is 41.4 Å². The maximum Gasteiger partial charge on any atom is 0.269 e. The fourth-order valence-electron chi connectivity index (χ4n) is 1.69. The van der Waals surface area contributed by atoms with Crippen LogP contribution in [0.3, 0.4) is 0 Å². The highest BCUT2D eigenvalue weighted by molar-refractivity contribution is 8.00. The number of thioether (sulfide) groups is 1. The average molecular weight is 369 g/mol. The first-order valence-electron chi connectivity index (χ1n) is 6.74. The van der Waals surface area contributed by atoms with Crippen molar-refractivity contribution in [2.24, 2.45) is 0 Å². The number of hydrazine groups is 1. The second-order valence-corrected chi connectivity index (χ2v) is 6.87. The van der Waals surface area contributed by atoms with Crippen LogP contribution in [-0.2, 0) is 4.79 Å². The lowest BCUT2D eigenvalue weighted by molar-refractivity contribution is -0.121. The quantitative estimate of drug-likeness (QED) is 0.634. The lowest BCUT2D eigenvalue weighted by Crippen LogP contribution is -2.44. The van der Waals surface area contributed by atoms with E-state index in [2.05, 4.69) is 10.9 Å². The number of amides is 2. The van der Waals surface area contributed by atoms with Crippen molar-refractivity contribution < 1.29 is 9.59 Å². The Hall–Kier alpha value is -1.69. The SMILES string of the molecule is C[C@@H](Sc1cc(Cl)ccc1Cl)C(=O)NNC(=O)c1ccccc1. The third-order valence-electron chi connectivity index (χ3n) is 2.90. The molecule has 0 aliphatic heterocycles. The van der Waals surface area contributed by atoms with Crippen LogP contribution in [0.4, 0.5) is 0 Å². The normalized spacial score (nSPS) is 11.6. The third-order valence-corrected chi connectivity index (χ3v) is 4.74. The van der Waals surface area contributed by atoms with Gasteiger partial charge in [-0.15, -0.1) is 11.8 Å². The van der Waals surface area contributed by atoms with E-state index in [4.69, 9.17) is 23.2 Å². The summed E-state index contributed by atoms with van der Waals surface area (Å²) < 4.78 is 0. The Labute approximate surface area is 148 Å². The molecule has 0 spiro atoms. The van der Waals surface area contributed by atoms with E-state index in [9.17, 15) is 9.59 Å². The Morgan fingerprint density at radius 1 is 1.04 bits per heavy atom. The van der Waals surface area contributed by atoms with Crippen LogP contribution in [0.2, 0.25) is 10.0 Å². The number of carbonyl (C=O) groups excluding carboxylic acids is 2. The van der Waals surface area contributed by atoms with Gasteiger partial charge in [0.05, 0.1) is 10.3 Å². The molecule has 0 heterocycles. The van der Waals surface area contributed by atoms with Crippen LogP contribution in [0.1, 0.15) is 17.3 Å². The van der Waals surface area contributed by atoms with Gasteiger partial charge in [-0.3, -0.25) is 20.4 Å². The molecule has 0 saturated carbocycles. The summed E-state index contributed by atoms with van der Waals surface area (Å²) in [6.45, 7) is 1.71. The molecule has 2 amide bonds. The van der Waals surface area contributed by atoms with Crippen LogP contribution in [0.5, 0.6) is 0 Å². The van der Waals surface area contributed by atoms with Crippen molar-refractivity contribution in [3.63, 3.8) is 0 Å². The molecule has 0 saturated heterocycles. The van der Waals surface area contributed by atoms with Crippen molar-refractivity contribution in [3.8, 4) is 0 Å². The molecule has 2 N–H and O–H groups in total. The first-order chi connectivity index (χ1) is 11.0. The fraction of sp³-hybridized carbons (Fsp3) is 0.125. The highest BCUT2D eigenvalue weighted by Gasteiger charge is 2.17. The molecule has 0 fully saturated rings. The summed E-state index contributed by atoms with van der Waals surface area (Å²) in [6.07, 6.45) is 0. The molecule has 0 bridgehead atoms. The van der Waals surface area contributed by atoms with Crippen LogP contribution in [0.15, 0.2) is 53.4 Å². The zero-order valence-electron chi connectivity index (χ0n) is 12.2. The summed E-state index contributed by atoms with van der Waals surface area (Å²) >= 11 is 13.3. The molecule has 0 aromatic heterocycles. The Kier molecular flexibility index (Phi) is 6.33. The van der Waals surface area contributed by atoms with Crippen LogP contribution in [0.25, 0.3) is 0 Å². The molecular weight excluding hydrogens is 355 g/mol. The number of hydrogen-bond acceptors (Lipinski definition) is 3. The number of halogens is 2. The minimum absolute atomic E-state index is 0.338. The second kappa shape index (κ2) is 8.24. The molecular formula is C16H14Cl2N2O2S. The van der Waals surface area contributed by atoms with E-state index in [0.29, 0.717) is 20.5 Å². The zero-order valence-corrected chi connectivity index (χ0v) is 14.5. The van der Waals surface area contributed by atoms with Gasteiger partial charge in [0.1, 0.15) is 0 Å². The molecule has 23 heavy (non-hydrogen) atoms. The Balaban J connectivity index is 1.90. The molecule has 4 nitrogen and oxygen atoms in total.